The Bertz CT molecular complexity index is 615. The molecule has 0 saturated carbocycles. The summed E-state index contributed by atoms with van der Waals surface area (Å²) < 4.78 is 0. The lowest BCUT2D eigenvalue weighted by atomic mass is 10.2. The number of nitrogens with one attached hydrogen (secondary N) is 1. The van der Waals surface area contributed by atoms with Gasteiger partial charge in [-0.1, -0.05) is 11.6 Å². The predicted octanol–water partition coefficient (Wildman–Crippen LogP) is 2.88. The molecule has 2 rings (SSSR count). The highest BCUT2D eigenvalue weighted by atomic mass is 35.5. The molecule has 0 bridgehead atoms. The Morgan fingerprint density at radius 1 is 1.32 bits per heavy atom. The maximum atomic E-state index is 10.9. The van der Waals surface area contributed by atoms with Crippen LogP contribution in [0.5, 0.6) is 0 Å². The van der Waals surface area contributed by atoms with E-state index in [1.54, 1.807) is 36.8 Å². The number of carbonyl (C=O) groups is 1. The summed E-state index contributed by atoms with van der Waals surface area (Å²) in [6, 6.07) is 8.19. The molecule has 2 aromatic rings. The summed E-state index contributed by atoms with van der Waals surface area (Å²) in [7, 11) is 0. The fourth-order valence-electron chi connectivity index (χ4n) is 1.39. The lowest BCUT2D eigenvalue weighted by Crippen LogP contribution is -1.99. The Morgan fingerprint density at radius 2 is 2.05 bits per heavy atom. The Morgan fingerprint density at radius 3 is 2.74 bits per heavy atom. The van der Waals surface area contributed by atoms with Crippen LogP contribution in [0.2, 0.25) is 5.02 Å². The van der Waals surface area contributed by atoms with Gasteiger partial charge in [-0.15, -0.1) is 0 Å². The number of hydrogen-bond acceptors (Lipinski definition) is 4. The minimum atomic E-state index is -1.08. The fraction of sp³-hybridized carbons (Fsp3) is 0. The van der Waals surface area contributed by atoms with Crippen molar-refractivity contribution in [2.45, 2.75) is 0 Å². The number of hydrazone groups is 1. The van der Waals surface area contributed by atoms with Gasteiger partial charge in [0.25, 0.3) is 0 Å². The summed E-state index contributed by atoms with van der Waals surface area (Å²) in [5.41, 5.74) is 4.21. The Balaban J connectivity index is 2.10. The minimum Gasteiger partial charge on any atom is -0.478 e. The first-order valence-corrected chi connectivity index (χ1v) is 5.76. The average molecular weight is 276 g/mol. The maximum absolute atomic E-state index is 10.9. The number of carboxylic acid groups (broad SMARTS) is 1. The molecule has 96 valence electrons. The molecule has 0 aliphatic rings. The van der Waals surface area contributed by atoms with Crippen molar-refractivity contribution >= 4 is 29.5 Å². The number of rotatable bonds is 4. The van der Waals surface area contributed by atoms with Crippen LogP contribution in [-0.4, -0.2) is 22.3 Å². The number of nitrogens with zero attached hydrogens (tertiary/aromatic N) is 2. The SMILES string of the molecule is O=C(O)c1cc(NN=Cc2ccncc2)ccc1Cl. The van der Waals surface area contributed by atoms with Gasteiger partial charge in [-0.05, 0) is 35.9 Å². The van der Waals surface area contributed by atoms with Crippen molar-refractivity contribution in [3.63, 3.8) is 0 Å². The van der Waals surface area contributed by atoms with Crippen molar-refractivity contribution in [1.29, 1.82) is 0 Å². The molecular formula is C13H10ClN3O2. The minimum absolute atomic E-state index is 0.0331. The van der Waals surface area contributed by atoms with Gasteiger partial charge < -0.3 is 5.11 Å². The van der Waals surface area contributed by atoms with Crippen LogP contribution in [0.1, 0.15) is 15.9 Å². The van der Waals surface area contributed by atoms with Crippen LogP contribution in [0, 0.1) is 0 Å². The van der Waals surface area contributed by atoms with Gasteiger partial charge in [0.05, 0.1) is 22.5 Å². The van der Waals surface area contributed by atoms with Crippen molar-refractivity contribution in [3.05, 3.63) is 58.9 Å². The van der Waals surface area contributed by atoms with E-state index in [4.69, 9.17) is 16.7 Å². The van der Waals surface area contributed by atoms with Crippen molar-refractivity contribution < 1.29 is 9.90 Å². The van der Waals surface area contributed by atoms with Crippen LogP contribution in [0.3, 0.4) is 0 Å². The molecule has 6 heteroatoms. The first-order valence-electron chi connectivity index (χ1n) is 5.39. The smallest absolute Gasteiger partial charge is 0.337 e. The molecule has 0 aliphatic carbocycles. The summed E-state index contributed by atoms with van der Waals surface area (Å²) in [5, 5.41) is 13.1. The Kier molecular flexibility index (Phi) is 4.10. The highest BCUT2D eigenvalue weighted by Gasteiger charge is 2.08. The van der Waals surface area contributed by atoms with E-state index in [9.17, 15) is 4.79 Å². The number of carboxylic acids is 1. The predicted molar refractivity (Wildman–Crippen MR) is 73.9 cm³/mol. The first kappa shape index (κ1) is 13.0. The zero-order chi connectivity index (χ0) is 13.7. The second-order valence-corrected chi connectivity index (χ2v) is 4.06. The van der Waals surface area contributed by atoms with E-state index in [-0.39, 0.29) is 10.6 Å². The molecule has 0 saturated heterocycles. The lowest BCUT2D eigenvalue weighted by Gasteiger charge is -2.03. The highest BCUT2D eigenvalue weighted by molar-refractivity contribution is 6.33. The largest absolute Gasteiger partial charge is 0.478 e. The summed E-state index contributed by atoms with van der Waals surface area (Å²) in [6.45, 7) is 0. The van der Waals surface area contributed by atoms with E-state index < -0.39 is 5.97 Å². The Labute approximate surface area is 114 Å². The summed E-state index contributed by atoms with van der Waals surface area (Å²) in [6.07, 6.45) is 4.93. The molecule has 19 heavy (non-hydrogen) atoms. The zero-order valence-electron chi connectivity index (χ0n) is 9.75. The monoisotopic (exact) mass is 275 g/mol. The van der Waals surface area contributed by atoms with E-state index >= 15 is 0 Å². The third-order valence-corrected chi connectivity index (χ3v) is 2.64. The van der Waals surface area contributed by atoms with Gasteiger partial charge in [-0.25, -0.2) is 4.79 Å². The molecule has 0 aliphatic heterocycles. The topological polar surface area (TPSA) is 74.6 Å². The number of hydrogen-bond donors (Lipinski definition) is 2. The van der Waals surface area contributed by atoms with E-state index in [1.165, 1.54) is 12.1 Å². The van der Waals surface area contributed by atoms with E-state index in [0.717, 1.165) is 5.56 Å². The van der Waals surface area contributed by atoms with E-state index in [1.807, 2.05) is 0 Å². The van der Waals surface area contributed by atoms with Crippen molar-refractivity contribution in [1.82, 2.24) is 4.98 Å². The number of benzene rings is 1. The quantitative estimate of drug-likeness (QED) is 0.665. The molecule has 1 aromatic heterocycles. The van der Waals surface area contributed by atoms with Gasteiger partial charge in [0.1, 0.15) is 0 Å². The highest BCUT2D eigenvalue weighted by Crippen LogP contribution is 2.20. The molecule has 1 aromatic carbocycles. The summed E-state index contributed by atoms with van der Waals surface area (Å²) in [5.74, 6) is -1.08. The second kappa shape index (κ2) is 5.97. The van der Waals surface area contributed by atoms with E-state index in [0.29, 0.717) is 5.69 Å². The van der Waals surface area contributed by atoms with Gasteiger partial charge in [-0.2, -0.15) is 5.10 Å². The molecule has 1 heterocycles. The number of anilines is 1. The van der Waals surface area contributed by atoms with Crippen molar-refractivity contribution in [2.24, 2.45) is 5.10 Å². The molecular weight excluding hydrogens is 266 g/mol. The van der Waals surface area contributed by atoms with Crippen LogP contribution in [0.25, 0.3) is 0 Å². The van der Waals surface area contributed by atoms with E-state index in [2.05, 4.69) is 15.5 Å². The van der Waals surface area contributed by atoms with Gasteiger partial charge in [0, 0.05) is 12.4 Å². The number of aromatic carboxylic acids is 1. The molecule has 0 atom stereocenters. The second-order valence-electron chi connectivity index (χ2n) is 3.65. The average Bonchev–Trinajstić information content (AvgIpc) is 2.41. The van der Waals surface area contributed by atoms with Gasteiger partial charge in [0.2, 0.25) is 0 Å². The Hall–Kier alpha value is -2.40. The standard InChI is InChI=1S/C13H10ClN3O2/c14-12-2-1-10(7-11(12)13(18)19)17-16-8-9-3-5-15-6-4-9/h1-8,17H,(H,18,19). The lowest BCUT2D eigenvalue weighted by molar-refractivity contribution is 0.0697. The van der Waals surface area contributed by atoms with Gasteiger partial charge >= 0.3 is 5.97 Å². The molecule has 0 fully saturated rings. The number of pyridine rings is 1. The number of halogens is 1. The van der Waals surface area contributed by atoms with Gasteiger partial charge in [0.15, 0.2) is 0 Å². The number of aromatic nitrogens is 1. The molecule has 5 nitrogen and oxygen atoms in total. The molecule has 0 spiro atoms. The van der Waals surface area contributed by atoms with Crippen LogP contribution in [0.15, 0.2) is 47.8 Å². The van der Waals surface area contributed by atoms with Gasteiger partial charge in [-0.3, -0.25) is 10.4 Å². The van der Waals surface area contributed by atoms with Crippen molar-refractivity contribution in [3.8, 4) is 0 Å². The third kappa shape index (κ3) is 3.53. The summed E-state index contributed by atoms with van der Waals surface area (Å²) in [4.78, 5) is 14.8. The molecule has 0 radical (unpaired) electrons. The van der Waals surface area contributed by atoms with Crippen molar-refractivity contribution in [2.75, 3.05) is 5.43 Å². The molecule has 0 unspecified atom stereocenters. The maximum Gasteiger partial charge on any atom is 0.337 e. The van der Waals surface area contributed by atoms with Crippen LogP contribution < -0.4 is 5.43 Å². The zero-order valence-corrected chi connectivity index (χ0v) is 10.5. The van der Waals surface area contributed by atoms with Crippen LogP contribution in [-0.2, 0) is 0 Å². The third-order valence-electron chi connectivity index (χ3n) is 2.31. The fourth-order valence-corrected chi connectivity index (χ4v) is 1.59. The normalized spacial score (nSPS) is 10.6. The first-order chi connectivity index (χ1) is 9.16. The molecule has 2 N–H and O–H groups in total. The summed E-state index contributed by atoms with van der Waals surface area (Å²) >= 11 is 5.77. The van der Waals surface area contributed by atoms with Crippen LogP contribution >= 0.6 is 11.6 Å². The van der Waals surface area contributed by atoms with Crippen LogP contribution in [0.4, 0.5) is 5.69 Å². The molecule has 0 amide bonds.